The summed E-state index contributed by atoms with van der Waals surface area (Å²) in [6.45, 7) is 3.88. The lowest BCUT2D eigenvalue weighted by molar-refractivity contribution is 0.223. The number of piperidine rings is 1. The third kappa shape index (κ3) is 5.96. The van der Waals surface area contributed by atoms with Crippen molar-refractivity contribution in [3.63, 3.8) is 0 Å². The van der Waals surface area contributed by atoms with Gasteiger partial charge in [-0.2, -0.15) is 5.10 Å². The maximum atomic E-state index is 6.36. The molecule has 1 aliphatic heterocycles. The lowest BCUT2D eigenvalue weighted by atomic mass is 9.97. The van der Waals surface area contributed by atoms with Gasteiger partial charge in [0.05, 0.1) is 5.69 Å². The Labute approximate surface area is 158 Å². The van der Waals surface area contributed by atoms with Gasteiger partial charge >= 0.3 is 0 Å². The van der Waals surface area contributed by atoms with Gasteiger partial charge in [0.2, 0.25) is 0 Å². The van der Waals surface area contributed by atoms with Crippen LogP contribution in [0.3, 0.4) is 0 Å². The van der Waals surface area contributed by atoms with Crippen molar-refractivity contribution in [1.29, 1.82) is 0 Å². The van der Waals surface area contributed by atoms with Gasteiger partial charge in [0.25, 0.3) is 0 Å². The van der Waals surface area contributed by atoms with Crippen LogP contribution in [0.2, 0.25) is 0 Å². The van der Waals surface area contributed by atoms with Crippen LogP contribution in [0.5, 0.6) is 0 Å². The van der Waals surface area contributed by atoms with Gasteiger partial charge in [-0.3, -0.25) is 5.10 Å². The van der Waals surface area contributed by atoms with E-state index in [2.05, 4.69) is 39.4 Å². The molecule has 1 saturated heterocycles. The van der Waals surface area contributed by atoms with Gasteiger partial charge < -0.3 is 10.6 Å². The Kier molecular flexibility index (Phi) is 7.71. The van der Waals surface area contributed by atoms with Gasteiger partial charge in [-0.15, -0.1) is 0 Å². The molecule has 0 saturated carbocycles. The van der Waals surface area contributed by atoms with Crippen molar-refractivity contribution in [3.05, 3.63) is 42.1 Å². The molecule has 0 radical (unpaired) electrons. The summed E-state index contributed by atoms with van der Waals surface area (Å²) in [5.41, 5.74) is 10.1. The lowest BCUT2D eigenvalue weighted by Crippen LogP contribution is -2.30. The number of hydrogen-bond donors (Lipinski definition) is 2. The molecule has 1 unspecified atom stereocenters. The van der Waals surface area contributed by atoms with Crippen LogP contribution < -0.4 is 5.73 Å². The number of aryl methyl sites for hydroxylation is 1. The van der Waals surface area contributed by atoms with Crippen molar-refractivity contribution in [2.45, 2.75) is 63.8 Å². The van der Waals surface area contributed by atoms with Crippen LogP contribution >= 0.6 is 0 Å². The zero-order chi connectivity index (χ0) is 18.0. The van der Waals surface area contributed by atoms with E-state index in [0.29, 0.717) is 6.04 Å². The lowest BCUT2D eigenvalue weighted by Gasteiger charge is -2.26. The number of benzene rings is 1. The monoisotopic (exact) mass is 354 g/mol. The second-order valence-corrected chi connectivity index (χ2v) is 7.68. The summed E-state index contributed by atoms with van der Waals surface area (Å²) in [7, 11) is 0. The SMILES string of the molecule is NC(CCCCN1CCCCC1)CCCc1ccccc1-c1ccn[nH]1. The van der Waals surface area contributed by atoms with E-state index in [4.69, 9.17) is 5.73 Å². The van der Waals surface area contributed by atoms with Crippen molar-refractivity contribution in [3.8, 4) is 11.3 Å². The zero-order valence-electron chi connectivity index (χ0n) is 16.0. The van der Waals surface area contributed by atoms with Gasteiger partial charge in [0, 0.05) is 17.8 Å². The Balaban J connectivity index is 1.33. The molecule has 0 aliphatic carbocycles. The molecule has 2 heterocycles. The first-order chi connectivity index (χ1) is 12.8. The Morgan fingerprint density at radius 2 is 1.81 bits per heavy atom. The first-order valence-corrected chi connectivity index (χ1v) is 10.4. The molecule has 1 atom stereocenters. The highest BCUT2D eigenvalue weighted by Gasteiger charge is 2.10. The standard InChI is InChI=1S/C22H34N4/c23-20(11-4-7-18-26-16-5-1-6-17-26)12-8-10-19-9-2-3-13-21(19)22-14-15-24-25-22/h2-3,9,13-15,20H,1,4-8,10-12,16-18,23H2,(H,24,25). The maximum absolute atomic E-state index is 6.36. The van der Waals surface area contributed by atoms with Crippen molar-refractivity contribution in [2.24, 2.45) is 5.73 Å². The Hall–Kier alpha value is -1.65. The predicted molar refractivity (Wildman–Crippen MR) is 109 cm³/mol. The molecule has 26 heavy (non-hydrogen) atoms. The Bertz CT molecular complexity index is 617. The largest absolute Gasteiger partial charge is 0.328 e. The number of aromatic nitrogens is 2. The number of H-pyrrole nitrogens is 1. The smallest absolute Gasteiger partial charge is 0.0652 e. The van der Waals surface area contributed by atoms with Crippen LogP contribution in [0.1, 0.15) is 56.9 Å². The van der Waals surface area contributed by atoms with E-state index in [1.165, 1.54) is 62.9 Å². The number of nitrogens with one attached hydrogen (secondary N) is 1. The van der Waals surface area contributed by atoms with Crippen LogP contribution in [0.25, 0.3) is 11.3 Å². The summed E-state index contributed by atoms with van der Waals surface area (Å²) >= 11 is 0. The minimum absolute atomic E-state index is 0.343. The van der Waals surface area contributed by atoms with Crippen molar-refractivity contribution >= 4 is 0 Å². The fraction of sp³-hybridized carbons (Fsp3) is 0.591. The highest BCUT2D eigenvalue weighted by Crippen LogP contribution is 2.23. The van der Waals surface area contributed by atoms with Crippen LogP contribution in [0.15, 0.2) is 36.5 Å². The summed E-state index contributed by atoms with van der Waals surface area (Å²) in [6.07, 6.45) is 13.1. The van der Waals surface area contributed by atoms with Gasteiger partial charge in [-0.25, -0.2) is 0 Å². The second-order valence-electron chi connectivity index (χ2n) is 7.68. The highest BCUT2D eigenvalue weighted by molar-refractivity contribution is 5.63. The van der Waals surface area contributed by atoms with Crippen molar-refractivity contribution in [2.75, 3.05) is 19.6 Å². The third-order valence-corrected chi connectivity index (χ3v) is 5.58. The summed E-state index contributed by atoms with van der Waals surface area (Å²) < 4.78 is 0. The van der Waals surface area contributed by atoms with Crippen LogP contribution in [-0.2, 0) is 6.42 Å². The van der Waals surface area contributed by atoms with E-state index in [1.807, 2.05) is 12.3 Å². The molecule has 0 bridgehead atoms. The van der Waals surface area contributed by atoms with E-state index in [9.17, 15) is 0 Å². The fourth-order valence-electron chi connectivity index (χ4n) is 4.03. The first-order valence-electron chi connectivity index (χ1n) is 10.4. The molecular formula is C22H34N4. The zero-order valence-corrected chi connectivity index (χ0v) is 16.0. The van der Waals surface area contributed by atoms with E-state index < -0.39 is 0 Å². The van der Waals surface area contributed by atoms with Crippen LogP contribution in [0, 0.1) is 0 Å². The highest BCUT2D eigenvalue weighted by atomic mass is 15.1. The summed E-state index contributed by atoms with van der Waals surface area (Å²) in [4.78, 5) is 2.63. The molecule has 4 heteroatoms. The van der Waals surface area contributed by atoms with Gasteiger partial charge in [-0.1, -0.05) is 37.1 Å². The molecule has 1 fully saturated rings. The van der Waals surface area contributed by atoms with E-state index in [-0.39, 0.29) is 0 Å². The minimum Gasteiger partial charge on any atom is -0.328 e. The summed E-state index contributed by atoms with van der Waals surface area (Å²) in [5, 5.41) is 7.15. The normalized spacial score (nSPS) is 16.7. The number of nitrogens with zero attached hydrogens (tertiary/aromatic N) is 2. The second kappa shape index (κ2) is 10.5. The average molecular weight is 355 g/mol. The van der Waals surface area contributed by atoms with E-state index in [0.717, 1.165) is 31.4 Å². The van der Waals surface area contributed by atoms with E-state index >= 15 is 0 Å². The first kappa shape index (κ1) is 19.1. The minimum atomic E-state index is 0.343. The summed E-state index contributed by atoms with van der Waals surface area (Å²) in [5.74, 6) is 0. The Morgan fingerprint density at radius 1 is 1.00 bits per heavy atom. The maximum Gasteiger partial charge on any atom is 0.0652 e. The number of hydrogen-bond acceptors (Lipinski definition) is 3. The molecule has 0 spiro atoms. The average Bonchev–Trinajstić information content (AvgIpc) is 3.21. The number of rotatable bonds is 10. The fourth-order valence-corrected chi connectivity index (χ4v) is 4.03. The molecule has 3 rings (SSSR count). The molecule has 2 aromatic rings. The van der Waals surface area contributed by atoms with Gasteiger partial charge in [-0.05, 0) is 76.2 Å². The molecule has 0 amide bonds. The topological polar surface area (TPSA) is 57.9 Å². The molecule has 1 aromatic carbocycles. The summed E-state index contributed by atoms with van der Waals surface area (Å²) in [6, 6.07) is 11.0. The number of aromatic amines is 1. The van der Waals surface area contributed by atoms with Crippen LogP contribution in [0.4, 0.5) is 0 Å². The molecule has 1 aliphatic rings. The van der Waals surface area contributed by atoms with Crippen molar-refractivity contribution < 1.29 is 0 Å². The molecule has 4 nitrogen and oxygen atoms in total. The van der Waals surface area contributed by atoms with E-state index in [1.54, 1.807) is 0 Å². The number of unbranched alkanes of at least 4 members (excludes halogenated alkanes) is 1. The third-order valence-electron chi connectivity index (χ3n) is 5.58. The van der Waals surface area contributed by atoms with Crippen LogP contribution in [-0.4, -0.2) is 40.8 Å². The Morgan fingerprint density at radius 3 is 2.62 bits per heavy atom. The molecular weight excluding hydrogens is 320 g/mol. The van der Waals surface area contributed by atoms with Gasteiger partial charge in [0.15, 0.2) is 0 Å². The van der Waals surface area contributed by atoms with Gasteiger partial charge in [0.1, 0.15) is 0 Å². The number of nitrogens with two attached hydrogens (primary N) is 1. The molecule has 3 N–H and O–H groups in total. The van der Waals surface area contributed by atoms with Crippen molar-refractivity contribution in [1.82, 2.24) is 15.1 Å². The molecule has 1 aromatic heterocycles. The molecule has 142 valence electrons. The predicted octanol–water partition coefficient (Wildman–Crippen LogP) is 4.38. The quantitative estimate of drug-likeness (QED) is 0.622. The number of likely N-dealkylation sites (tertiary alicyclic amines) is 1.